The van der Waals surface area contributed by atoms with Gasteiger partial charge in [0.15, 0.2) is 0 Å². The minimum Gasteiger partial charge on any atom is -0.300 e. The van der Waals surface area contributed by atoms with Crippen LogP contribution in [0.5, 0.6) is 0 Å². The number of pyridine rings is 1. The van der Waals surface area contributed by atoms with E-state index in [1.54, 1.807) is 11.1 Å². The van der Waals surface area contributed by atoms with Crippen molar-refractivity contribution in [3.63, 3.8) is 0 Å². The van der Waals surface area contributed by atoms with Gasteiger partial charge in [0.2, 0.25) is 0 Å². The first kappa shape index (κ1) is 12.1. The molecule has 4 rings (SSSR count). The number of benzene rings is 1. The Bertz CT molecular complexity index is 602. The van der Waals surface area contributed by atoms with Crippen molar-refractivity contribution in [2.24, 2.45) is 0 Å². The van der Waals surface area contributed by atoms with E-state index in [0.29, 0.717) is 0 Å². The number of hydrogen-bond donors (Lipinski definition) is 0. The van der Waals surface area contributed by atoms with Gasteiger partial charge in [0.25, 0.3) is 0 Å². The molecule has 1 aromatic carbocycles. The molecule has 2 heterocycles. The molecule has 102 valence electrons. The van der Waals surface area contributed by atoms with Gasteiger partial charge in [0, 0.05) is 18.4 Å². The molecule has 0 bridgehead atoms. The first-order chi connectivity index (χ1) is 9.90. The minimum absolute atomic E-state index is 0.792. The lowest BCUT2D eigenvalue weighted by Gasteiger charge is -2.41. The van der Waals surface area contributed by atoms with Gasteiger partial charge in [-0.15, -0.1) is 0 Å². The van der Waals surface area contributed by atoms with Gasteiger partial charge in [0.05, 0.1) is 0 Å². The molecule has 1 aromatic heterocycles. The molecule has 1 unspecified atom stereocenters. The fraction of sp³-hybridized carbons (Fsp3) is 0.389. The molecule has 20 heavy (non-hydrogen) atoms. The molecule has 0 N–H and O–H groups in total. The van der Waals surface area contributed by atoms with Crippen molar-refractivity contribution in [3.05, 3.63) is 53.9 Å². The van der Waals surface area contributed by atoms with Gasteiger partial charge in [-0.25, -0.2) is 0 Å². The predicted octanol–water partition coefficient (Wildman–Crippen LogP) is 3.31. The maximum absolute atomic E-state index is 4.22. The van der Waals surface area contributed by atoms with Crippen LogP contribution < -0.4 is 0 Å². The molecular weight excluding hydrogens is 244 g/mol. The van der Waals surface area contributed by atoms with E-state index in [1.165, 1.54) is 49.9 Å². The molecule has 2 heteroatoms. The molecule has 1 atom stereocenters. The highest BCUT2D eigenvalue weighted by atomic mass is 15.2. The third-order valence-corrected chi connectivity index (χ3v) is 4.81. The number of likely N-dealkylation sites (tertiary alicyclic amines) is 1. The summed E-state index contributed by atoms with van der Waals surface area (Å²) in [4.78, 5) is 6.87. The first-order valence-corrected chi connectivity index (χ1v) is 7.66. The number of fused-ring (bicyclic) bond motifs is 1. The van der Waals surface area contributed by atoms with E-state index in [2.05, 4.69) is 34.1 Å². The zero-order chi connectivity index (χ0) is 13.4. The van der Waals surface area contributed by atoms with Crippen LogP contribution in [0.2, 0.25) is 0 Å². The summed E-state index contributed by atoms with van der Waals surface area (Å²) < 4.78 is 0. The predicted molar refractivity (Wildman–Crippen MR) is 81.7 cm³/mol. The van der Waals surface area contributed by atoms with Crippen LogP contribution in [-0.4, -0.2) is 29.0 Å². The number of nitrogens with zero attached hydrogens (tertiary/aromatic N) is 2. The van der Waals surface area contributed by atoms with E-state index < -0.39 is 0 Å². The van der Waals surface area contributed by atoms with Crippen molar-refractivity contribution in [1.82, 2.24) is 9.88 Å². The Morgan fingerprint density at radius 2 is 2.00 bits per heavy atom. The zero-order valence-corrected chi connectivity index (χ0v) is 11.8. The van der Waals surface area contributed by atoms with Crippen molar-refractivity contribution >= 4 is 0 Å². The van der Waals surface area contributed by atoms with Crippen LogP contribution in [0.3, 0.4) is 0 Å². The summed E-state index contributed by atoms with van der Waals surface area (Å²) in [7, 11) is 0. The normalized spacial score (nSPS) is 22.1. The molecule has 2 aliphatic rings. The van der Waals surface area contributed by atoms with Crippen molar-refractivity contribution in [2.45, 2.75) is 31.7 Å². The standard InChI is InChI=1S/C18H20N2/c1-3-17(13-19-8-1)15-4-5-16-12-18(20-9-2-10-20)7-6-14(16)11-15/h1,3-5,8,11,13,18H,2,6-7,9-10,12H2. The molecule has 2 nitrogen and oxygen atoms in total. The highest BCUT2D eigenvalue weighted by molar-refractivity contribution is 5.64. The van der Waals surface area contributed by atoms with E-state index in [1.807, 2.05) is 18.5 Å². The summed E-state index contributed by atoms with van der Waals surface area (Å²) in [6.07, 6.45) is 8.97. The summed E-state index contributed by atoms with van der Waals surface area (Å²) in [6.45, 7) is 2.63. The second kappa shape index (κ2) is 5.02. The third kappa shape index (κ3) is 2.14. The molecule has 1 aliphatic heterocycles. The van der Waals surface area contributed by atoms with Crippen LogP contribution in [0.1, 0.15) is 24.0 Å². The van der Waals surface area contributed by atoms with Crippen LogP contribution in [0.4, 0.5) is 0 Å². The Labute approximate surface area is 120 Å². The lowest BCUT2D eigenvalue weighted by molar-refractivity contribution is 0.107. The van der Waals surface area contributed by atoms with Gasteiger partial charge < -0.3 is 0 Å². The second-order valence-corrected chi connectivity index (χ2v) is 6.01. The van der Waals surface area contributed by atoms with Crippen LogP contribution in [0, 0.1) is 0 Å². The summed E-state index contributed by atoms with van der Waals surface area (Å²) in [5.74, 6) is 0. The molecule has 0 saturated carbocycles. The summed E-state index contributed by atoms with van der Waals surface area (Å²) in [6, 6.07) is 11.9. The minimum atomic E-state index is 0.792. The molecule has 1 saturated heterocycles. The van der Waals surface area contributed by atoms with E-state index in [9.17, 15) is 0 Å². The lowest BCUT2D eigenvalue weighted by atomic mass is 9.85. The molecular formula is C18H20N2. The topological polar surface area (TPSA) is 16.1 Å². The average molecular weight is 264 g/mol. The molecule has 0 spiro atoms. The molecule has 1 aliphatic carbocycles. The first-order valence-electron chi connectivity index (χ1n) is 7.66. The van der Waals surface area contributed by atoms with Gasteiger partial charge in [-0.2, -0.15) is 0 Å². The molecule has 2 aromatic rings. The monoisotopic (exact) mass is 264 g/mol. The fourth-order valence-corrected chi connectivity index (χ4v) is 3.47. The van der Waals surface area contributed by atoms with Gasteiger partial charge >= 0.3 is 0 Å². The van der Waals surface area contributed by atoms with Crippen LogP contribution >= 0.6 is 0 Å². The average Bonchev–Trinajstić information content (AvgIpc) is 2.46. The Morgan fingerprint density at radius 1 is 1.05 bits per heavy atom. The van der Waals surface area contributed by atoms with Crippen LogP contribution in [0.15, 0.2) is 42.7 Å². The Hall–Kier alpha value is -1.67. The van der Waals surface area contributed by atoms with E-state index in [-0.39, 0.29) is 0 Å². The lowest BCUT2D eigenvalue weighted by Crippen LogP contribution is -2.47. The highest BCUT2D eigenvalue weighted by Crippen LogP contribution is 2.30. The van der Waals surface area contributed by atoms with Crippen LogP contribution in [0.25, 0.3) is 11.1 Å². The molecule has 1 fully saturated rings. The maximum atomic E-state index is 4.22. The Balaban J connectivity index is 1.60. The Kier molecular flexibility index (Phi) is 3.04. The van der Waals surface area contributed by atoms with Gasteiger partial charge in [0.1, 0.15) is 0 Å². The van der Waals surface area contributed by atoms with Gasteiger partial charge in [-0.05, 0) is 67.1 Å². The number of aromatic nitrogens is 1. The molecule has 0 amide bonds. The summed E-state index contributed by atoms with van der Waals surface area (Å²) in [5.41, 5.74) is 5.63. The quantitative estimate of drug-likeness (QED) is 0.827. The van der Waals surface area contributed by atoms with Crippen molar-refractivity contribution in [2.75, 3.05) is 13.1 Å². The summed E-state index contributed by atoms with van der Waals surface area (Å²) >= 11 is 0. The van der Waals surface area contributed by atoms with E-state index >= 15 is 0 Å². The number of aryl methyl sites for hydroxylation is 1. The largest absolute Gasteiger partial charge is 0.300 e. The van der Waals surface area contributed by atoms with Gasteiger partial charge in [-0.1, -0.05) is 24.3 Å². The highest BCUT2D eigenvalue weighted by Gasteiger charge is 2.27. The zero-order valence-electron chi connectivity index (χ0n) is 11.8. The van der Waals surface area contributed by atoms with E-state index in [4.69, 9.17) is 0 Å². The van der Waals surface area contributed by atoms with E-state index in [0.717, 1.165) is 6.04 Å². The van der Waals surface area contributed by atoms with Crippen molar-refractivity contribution in [3.8, 4) is 11.1 Å². The Morgan fingerprint density at radius 3 is 2.75 bits per heavy atom. The fourth-order valence-electron chi connectivity index (χ4n) is 3.47. The summed E-state index contributed by atoms with van der Waals surface area (Å²) in [5, 5.41) is 0. The number of hydrogen-bond acceptors (Lipinski definition) is 2. The molecule has 0 radical (unpaired) electrons. The SMILES string of the molecule is c1cncc(-c2ccc3c(c2)CCC(N2CCC2)C3)c1. The van der Waals surface area contributed by atoms with Crippen LogP contribution in [-0.2, 0) is 12.8 Å². The van der Waals surface area contributed by atoms with Crippen molar-refractivity contribution in [1.29, 1.82) is 0 Å². The van der Waals surface area contributed by atoms with Crippen molar-refractivity contribution < 1.29 is 0 Å². The second-order valence-electron chi connectivity index (χ2n) is 6.01. The third-order valence-electron chi connectivity index (χ3n) is 4.81. The van der Waals surface area contributed by atoms with Gasteiger partial charge in [-0.3, -0.25) is 9.88 Å². The smallest absolute Gasteiger partial charge is 0.0346 e. The maximum Gasteiger partial charge on any atom is 0.0346 e. The number of rotatable bonds is 2.